The molecule has 0 amide bonds. The maximum Gasteiger partial charge on any atom is 0.309 e. The average Bonchev–Trinajstić information content (AvgIpc) is 3.32. The van der Waals surface area contributed by atoms with E-state index in [1.165, 1.54) is 32.1 Å². The molecule has 0 aromatic heterocycles. The minimum absolute atomic E-state index is 0.174. The van der Waals surface area contributed by atoms with Gasteiger partial charge in [0.1, 0.15) is 6.10 Å². The van der Waals surface area contributed by atoms with Crippen molar-refractivity contribution >= 4 is 11.9 Å². The van der Waals surface area contributed by atoms with Gasteiger partial charge >= 0.3 is 11.9 Å². The van der Waals surface area contributed by atoms with E-state index in [1.54, 1.807) is 0 Å². The van der Waals surface area contributed by atoms with Crippen LogP contribution in [0.5, 0.6) is 0 Å². The number of hydrogen-bond acceptors (Lipinski definition) is 6. The Labute approximate surface area is 217 Å². The van der Waals surface area contributed by atoms with Gasteiger partial charge in [0.15, 0.2) is 0 Å². The fourth-order valence-electron chi connectivity index (χ4n) is 8.49. The van der Waals surface area contributed by atoms with Crippen LogP contribution in [-0.4, -0.2) is 47.1 Å². The monoisotopic (exact) mass is 506 g/mol. The Morgan fingerprint density at radius 2 is 1.97 bits per heavy atom. The van der Waals surface area contributed by atoms with Crippen LogP contribution in [0.25, 0.3) is 0 Å². The van der Waals surface area contributed by atoms with Crippen molar-refractivity contribution in [3.8, 4) is 0 Å². The van der Waals surface area contributed by atoms with Crippen LogP contribution in [0.15, 0.2) is 0 Å². The van der Waals surface area contributed by atoms with Gasteiger partial charge in [-0.3, -0.25) is 9.59 Å². The summed E-state index contributed by atoms with van der Waals surface area (Å²) in [7, 11) is 0. The van der Waals surface area contributed by atoms with E-state index in [2.05, 4.69) is 20.8 Å². The molecule has 1 heterocycles. The molecule has 10 unspecified atom stereocenters. The maximum absolute atomic E-state index is 12.4. The summed E-state index contributed by atoms with van der Waals surface area (Å²) in [6.45, 7) is 7.33. The molecular formula is C30H50O6. The first kappa shape index (κ1) is 27.9. The second-order valence-corrected chi connectivity index (χ2v) is 12.9. The molecule has 4 fully saturated rings. The van der Waals surface area contributed by atoms with Crippen LogP contribution in [0, 0.1) is 40.9 Å². The molecule has 10 atom stereocenters. The summed E-state index contributed by atoms with van der Waals surface area (Å²) >= 11 is 0. The molecule has 206 valence electrons. The number of carbonyl (C=O) groups is 2. The fourth-order valence-corrected chi connectivity index (χ4v) is 8.49. The zero-order valence-electron chi connectivity index (χ0n) is 22.8. The predicted molar refractivity (Wildman–Crippen MR) is 138 cm³/mol. The summed E-state index contributed by atoms with van der Waals surface area (Å²) in [6.07, 6.45) is 12.0. The summed E-state index contributed by atoms with van der Waals surface area (Å²) in [5, 5.41) is 21.8. The Balaban J connectivity index is 1.33. The topological polar surface area (TPSA) is 93.1 Å². The van der Waals surface area contributed by atoms with Gasteiger partial charge in [0, 0.05) is 12.8 Å². The molecule has 3 saturated carbocycles. The molecule has 0 spiro atoms. The van der Waals surface area contributed by atoms with Gasteiger partial charge < -0.3 is 19.7 Å². The SMILES string of the molecule is CCCCC1C(C2CCC(C(C)CCC(=O)OC3CCOC(=O)C3)C2)C(O)CC2CC(O)CCC21C. The molecule has 36 heavy (non-hydrogen) atoms. The second-order valence-electron chi connectivity index (χ2n) is 12.9. The molecule has 4 aliphatic rings. The van der Waals surface area contributed by atoms with Gasteiger partial charge in [-0.05, 0) is 98.7 Å². The van der Waals surface area contributed by atoms with Crippen molar-refractivity contribution in [3.05, 3.63) is 0 Å². The molecule has 4 rings (SSSR count). The Kier molecular flexibility index (Phi) is 9.41. The summed E-state index contributed by atoms with van der Waals surface area (Å²) in [6, 6.07) is 0. The van der Waals surface area contributed by atoms with Gasteiger partial charge in [0.2, 0.25) is 0 Å². The van der Waals surface area contributed by atoms with Crippen molar-refractivity contribution in [3.63, 3.8) is 0 Å². The normalized spacial score (nSPS) is 41.9. The largest absolute Gasteiger partial charge is 0.465 e. The van der Waals surface area contributed by atoms with Crippen LogP contribution in [0.2, 0.25) is 0 Å². The third kappa shape index (κ3) is 6.28. The average molecular weight is 507 g/mol. The molecule has 0 aromatic carbocycles. The zero-order chi connectivity index (χ0) is 25.9. The van der Waals surface area contributed by atoms with Crippen molar-refractivity contribution in [2.45, 2.75) is 129 Å². The van der Waals surface area contributed by atoms with Gasteiger partial charge in [-0.1, -0.05) is 33.6 Å². The number of aliphatic hydroxyl groups excluding tert-OH is 2. The van der Waals surface area contributed by atoms with E-state index in [1.807, 2.05) is 0 Å². The highest BCUT2D eigenvalue weighted by atomic mass is 16.6. The van der Waals surface area contributed by atoms with E-state index in [0.717, 1.165) is 38.5 Å². The van der Waals surface area contributed by atoms with E-state index in [9.17, 15) is 19.8 Å². The minimum atomic E-state index is -0.330. The first-order chi connectivity index (χ1) is 17.2. The number of fused-ring (bicyclic) bond motifs is 1. The first-order valence-corrected chi connectivity index (χ1v) is 14.9. The highest BCUT2D eigenvalue weighted by Crippen LogP contribution is 2.60. The fraction of sp³-hybridized carbons (Fsp3) is 0.933. The lowest BCUT2D eigenvalue weighted by molar-refractivity contribution is -0.162. The minimum Gasteiger partial charge on any atom is -0.465 e. The molecule has 2 N–H and O–H groups in total. The summed E-state index contributed by atoms with van der Waals surface area (Å²) in [5.74, 6) is 2.44. The third-order valence-electron chi connectivity index (χ3n) is 10.7. The van der Waals surface area contributed by atoms with Crippen molar-refractivity contribution in [2.24, 2.45) is 40.9 Å². The number of unbranched alkanes of at least 4 members (excludes halogenated alkanes) is 1. The first-order valence-electron chi connectivity index (χ1n) is 14.9. The van der Waals surface area contributed by atoms with Crippen molar-refractivity contribution < 1.29 is 29.3 Å². The molecule has 6 nitrogen and oxygen atoms in total. The van der Waals surface area contributed by atoms with Crippen LogP contribution < -0.4 is 0 Å². The molecule has 0 aromatic rings. The van der Waals surface area contributed by atoms with Gasteiger partial charge in [0.25, 0.3) is 0 Å². The second kappa shape index (κ2) is 12.1. The number of carbonyl (C=O) groups excluding carboxylic acids is 2. The Hall–Kier alpha value is -1.14. The van der Waals surface area contributed by atoms with Crippen molar-refractivity contribution in [1.82, 2.24) is 0 Å². The van der Waals surface area contributed by atoms with Crippen molar-refractivity contribution in [1.29, 1.82) is 0 Å². The van der Waals surface area contributed by atoms with E-state index >= 15 is 0 Å². The highest BCUT2D eigenvalue weighted by molar-refractivity contribution is 5.73. The number of ether oxygens (including phenoxy) is 2. The Morgan fingerprint density at radius 3 is 2.72 bits per heavy atom. The standard InChI is InChI=1S/C30H50O6/c1-4-5-6-25-29(26(32)17-22-16-23(31)11-13-30(22,25)3)21-9-8-20(15-21)19(2)7-10-27(33)36-24-12-14-35-28(34)18-24/h19-26,29,31-32H,4-18H2,1-3H3. The Morgan fingerprint density at radius 1 is 1.17 bits per heavy atom. The van der Waals surface area contributed by atoms with Gasteiger partial charge in [0.05, 0.1) is 25.2 Å². The lowest BCUT2D eigenvalue weighted by atomic mass is 9.49. The van der Waals surface area contributed by atoms with E-state index in [4.69, 9.17) is 9.47 Å². The van der Waals surface area contributed by atoms with E-state index < -0.39 is 0 Å². The van der Waals surface area contributed by atoms with Crippen LogP contribution in [-0.2, 0) is 19.1 Å². The zero-order valence-corrected chi connectivity index (χ0v) is 22.8. The predicted octanol–water partition coefficient (Wildman–Crippen LogP) is 5.42. The molecular weight excluding hydrogens is 456 g/mol. The van der Waals surface area contributed by atoms with Crippen LogP contribution >= 0.6 is 0 Å². The molecule has 3 aliphatic carbocycles. The molecule has 0 radical (unpaired) electrons. The van der Waals surface area contributed by atoms with E-state index in [0.29, 0.717) is 55.0 Å². The number of esters is 2. The van der Waals surface area contributed by atoms with Crippen LogP contribution in [0.1, 0.15) is 111 Å². The molecule has 1 saturated heterocycles. The summed E-state index contributed by atoms with van der Waals surface area (Å²) in [4.78, 5) is 23.8. The number of aliphatic hydroxyl groups is 2. The van der Waals surface area contributed by atoms with Gasteiger partial charge in [-0.25, -0.2) is 0 Å². The Bertz CT molecular complexity index is 754. The number of rotatable bonds is 9. The number of hydrogen-bond donors (Lipinski definition) is 2. The quantitative estimate of drug-likeness (QED) is 0.406. The maximum atomic E-state index is 12.4. The highest BCUT2D eigenvalue weighted by Gasteiger charge is 2.55. The lowest BCUT2D eigenvalue weighted by Gasteiger charge is -2.57. The van der Waals surface area contributed by atoms with Gasteiger partial charge in [-0.15, -0.1) is 0 Å². The van der Waals surface area contributed by atoms with Crippen LogP contribution in [0.4, 0.5) is 0 Å². The molecule has 1 aliphatic heterocycles. The van der Waals surface area contributed by atoms with Gasteiger partial charge in [-0.2, -0.15) is 0 Å². The summed E-state index contributed by atoms with van der Waals surface area (Å²) < 4.78 is 10.5. The third-order valence-corrected chi connectivity index (χ3v) is 10.7. The molecule has 0 bridgehead atoms. The number of cyclic esters (lactones) is 1. The summed E-state index contributed by atoms with van der Waals surface area (Å²) in [5.41, 5.74) is 0.233. The van der Waals surface area contributed by atoms with Crippen LogP contribution in [0.3, 0.4) is 0 Å². The lowest BCUT2D eigenvalue weighted by Crippen LogP contribution is -2.54. The van der Waals surface area contributed by atoms with Crippen molar-refractivity contribution in [2.75, 3.05) is 6.61 Å². The van der Waals surface area contributed by atoms with E-state index in [-0.39, 0.29) is 42.1 Å². The smallest absolute Gasteiger partial charge is 0.309 e. The molecule has 6 heteroatoms.